The van der Waals surface area contributed by atoms with E-state index in [4.69, 9.17) is 5.84 Å². The summed E-state index contributed by atoms with van der Waals surface area (Å²) >= 11 is 0. The van der Waals surface area contributed by atoms with Gasteiger partial charge in [0.25, 0.3) is 5.91 Å². The summed E-state index contributed by atoms with van der Waals surface area (Å²) in [7, 11) is 2.08. The third kappa shape index (κ3) is 3.08. The quantitative estimate of drug-likeness (QED) is 0.628. The van der Waals surface area contributed by atoms with Crippen LogP contribution in [0, 0.1) is 0 Å². The minimum atomic E-state index is 0.0548. The van der Waals surface area contributed by atoms with E-state index in [9.17, 15) is 4.79 Å². The maximum absolute atomic E-state index is 12.7. The zero-order chi connectivity index (χ0) is 14.7. The van der Waals surface area contributed by atoms with Crippen LogP contribution in [0.25, 0.3) is 0 Å². The lowest BCUT2D eigenvalue weighted by molar-refractivity contribution is 0.0533. The molecule has 1 aromatic heterocycles. The summed E-state index contributed by atoms with van der Waals surface area (Å²) in [5, 5.41) is 0. The predicted octanol–water partition coefficient (Wildman–Crippen LogP) is 0.706. The second-order valence-corrected chi connectivity index (χ2v) is 5.34. The Morgan fingerprint density at radius 3 is 2.85 bits per heavy atom. The molecule has 20 heavy (non-hydrogen) atoms. The smallest absolute Gasteiger partial charge is 0.254 e. The zero-order valence-electron chi connectivity index (χ0n) is 12.4. The second-order valence-electron chi connectivity index (χ2n) is 5.34. The maximum atomic E-state index is 12.7. The standard InChI is InChI=1S/C14H23N5O/c1-4-12-7-11(8-13(16-12)17-15)14(20)19-6-5-18(3)9-10(19)2/h7-8,10H,4-6,9,15H2,1-3H3,(H,16,17). The van der Waals surface area contributed by atoms with Gasteiger partial charge in [-0.2, -0.15) is 0 Å². The number of nitrogens with one attached hydrogen (secondary N) is 1. The highest BCUT2D eigenvalue weighted by molar-refractivity contribution is 5.95. The lowest BCUT2D eigenvalue weighted by atomic mass is 10.1. The van der Waals surface area contributed by atoms with E-state index in [1.54, 1.807) is 6.07 Å². The van der Waals surface area contributed by atoms with Crippen LogP contribution < -0.4 is 11.3 Å². The molecule has 1 aliphatic heterocycles. The van der Waals surface area contributed by atoms with Gasteiger partial charge >= 0.3 is 0 Å². The number of aryl methyl sites for hydroxylation is 1. The number of pyridine rings is 1. The van der Waals surface area contributed by atoms with Gasteiger partial charge < -0.3 is 15.2 Å². The van der Waals surface area contributed by atoms with E-state index < -0.39 is 0 Å². The van der Waals surface area contributed by atoms with Gasteiger partial charge in [-0.3, -0.25) is 4.79 Å². The van der Waals surface area contributed by atoms with Crippen molar-refractivity contribution in [3.8, 4) is 0 Å². The van der Waals surface area contributed by atoms with Crippen LogP contribution >= 0.6 is 0 Å². The number of hydrogen-bond acceptors (Lipinski definition) is 5. The number of carbonyl (C=O) groups is 1. The first kappa shape index (κ1) is 14.7. The summed E-state index contributed by atoms with van der Waals surface area (Å²) in [5.41, 5.74) is 4.05. The van der Waals surface area contributed by atoms with Gasteiger partial charge in [0.05, 0.1) is 0 Å². The molecule has 1 fully saturated rings. The van der Waals surface area contributed by atoms with Crippen molar-refractivity contribution in [3.63, 3.8) is 0 Å². The molecular formula is C14H23N5O. The van der Waals surface area contributed by atoms with Gasteiger partial charge in [0.2, 0.25) is 0 Å². The van der Waals surface area contributed by atoms with Crippen LogP contribution in [0.3, 0.4) is 0 Å². The number of hydrazine groups is 1. The number of likely N-dealkylation sites (N-methyl/N-ethyl adjacent to an activating group) is 1. The van der Waals surface area contributed by atoms with Gasteiger partial charge in [0, 0.05) is 36.9 Å². The highest BCUT2D eigenvalue weighted by Gasteiger charge is 2.26. The van der Waals surface area contributed by atoms with Crippen LogP contribution in [-0.2, 0) is 6.42 Å². The van der Waals surface area contributed by atoms with Crippen molar-refractivity contribution in [1.82, 2.24) is 14.8 Å². The van der Waals surface area contributed by atoms with Crippen molar-refractivity contribution in [2.24, 2.45) is 5.84 Å². The van der Waals surface area contributed by atoms with E-state index in [-0.39, 0.29) is 11.9 Å². The van der Waals surface area contributed by atoms with Crippen molar-refractivity contribution in [3.05, 3.63) is 23.4 Å². The average Bonchev–Trinajstić information content (AvgIpc) is 2.46. The van der Waals surface area contributed by atoms with E-state index in [0.717, 1.165) is 31.7 Å². The zero-order valence-corrected chi connectivity index (χ0v) is 12.4. The van der Waals surface area contributed by atoms with Crippen molar-refractivity contribution in [2.75, 3.05) is 32.1 Å². The van der Waals surface area contributed by atoms with Crippen LogP contribution in [0.1, 0.15) is 29.9 Å². The average molecular weight is 277 g/mol. The van der Waals surface area contributed by atoms with Gasteiger partial charge in [0.15, 0.2) is 0 Å². The minimum absolute atomic E-state index is 0.0548. The number of piperazine rings is 1. The normalized spacial score (nSPS) is 20.0. The number of nitrogens with zero attached hydrogens (tertiary/aromatic N) is 3. The fourth-order valence-electron chi connectivity index (χ4n) is 2.57. The summed E-state index contributed by atoms with van der Waals surface area (Å²) in [6.07, 6.45) is 0.772. The molecular weight excluding hydrogens is 254 g/mol. The molecule has 1 aliphatic rings. The molecule has 3 N–H and O–H groups in total. The molecule has 1 amide bonds. The number of carbonyl (C=O) groups excluding carboxylic acids is 1. The van der Waals surface area contributed by atoms with Gasteiger partial charge in [-0.15, -0.1) is 0 Å². The monoisotopic (exact) mass is 277 g/mol. The first-order valence-corrected chi connectivity index (χ1v) is 7.02. The third-order valence-corrected chi connectivity index (χ3v) is 3.73. The molecule has 0 aromatic carbocycles. The first-order valence-electron chi connectivity index (χ1n) is 7.02. The molecule has 0 spiro atoms. The molecule has 2 rings (SSSR count). The summed E-state index contributed by atoms with van der Waals surface area (Å²) < 4.78 is 0. The van der Waals surface area contributed by atoms with E-state index in [1.165, 1.54) is 0 Å². The molecule has 0 bridgehead atoms. The Bertz CT molecular complexity index is 468. The lowest BCUT2D eigenvalue weighted by Gasteiger charge is -2.38. The number of nitrogens with two attached hydrogens (primary N) is 1. The molecule has 1 saturated heterocycles. The Morgan fingerprint density at radius 1 is 1.50 bits per heavy atom. The molecule has 1 unspecified atom stereocenters. The molecule has 110 valence electrons. The summed E-state index contributed by atoms with van der Waals surface area (Å²) in [6.45, 7) is 6.65. The first-order chi connectivity index (χ1) is 9.55. The highest BCUT2D eigenvalue weighted by atomic mass is 16.2. The van der Waals surface area contributed by atoms with Crippen LogP contribution in [0.2, 0.25) is 0 Å². The minimum Gasteiger partial charge on any atom is -0.333 e. The Kier molecular flexibility index (Phi) is 4.57. The van der Waals surface area contributed by atoms with Gasteiger partial charge in [0.1, 0.15) is 5.82 Å². The third-order valence-electron chi connectivity index (χ3n) is 3.73. The van der Waals surface area contributed by atoms with Crippen LogP contribution in [0.4, 0.5) is 5.82 Å². The number of anilines is 1. The number of aromatic nitrogens is 1. The summed E-state index contributed by atoms with van der Waals surface area (Å²) in [4.78, 5) is 21.1. The molecule has 6 heteroatoms. The number of nitrogen functional groups attached to an aromatic ring is 1. The number of rotatable bonds is 3. The fourth-order valence-corrected chi connectivity index (χ4v) is 2.57. The van der Waals surface area contributed by atoms with Gasteiger partial charge in [-0.25, -0.2) is 10.8 Å². The molecule has 1 aromatic rings. The molecule has 1 atom stereocenters. The van der Waals surface area contributed by atoms with E-state index in [0.29, 0.717) is 11.4 Å². The predicted molar refractivity (Wildman–Crippen MR) is 79.4 cm³/mol. The number of amides is 1. The Balaban J connectivity index is 2.24. The maximum Gasteiger partial charge on any atom is 0.254 e. The van der Waals surface area contributed by atoms with Crippen LogP contribution in [0.15, 0.2) is 12.1 Å². The van der Waals surface area contributed by atoms with E-state index in [2.05, 4.69) is 29.3 Å². The summed E-state index contributed by atoms with van der Waals surface area (Å²) in [5.74, 6) is 6.01. The number of hydrogen-bond donors (Lipinski definition) is 2. The summed E-state index contributed by atoms with van der Waals surface area (Å²) in [6, 6.07) is 3.79. The van der Waals surface area contributed by atoms with Gasteiger partial charge in [-0.05, 0) is 32.5 Å². The Morgan fingerprint density at radius 2 is 2.25 bits per heavy atom. The molecule has 6 nitrogen and oxygen atoms in total. The largest absolute Gasteiger partial charge is 0.333 e. The molecule has 0 aliphatic carbocycles. The van der Waals surface area contributed by atoms with Gasteiger partial charge in [-0.1, -0.05) is 6.92 Å². The molecule has 2 heterocycles. The molecule has 0 radical (unpaired) electrons. The van der Waals surface area contributed by atoms with Crippen LogP contribution in [-0.4, -0.2) is 53.4 Å². The fraction of sp³-hybridized carbons (Fsp3) is 0.571. The SMILES string of the molecule is CCc1cc(C(=O)N2CCN(C)CC2C)cc(NN)n1. The Labute approximate surface area is 119 Å². The second kappa shape index (κ2) is 6.19. The van der Waals surface area contributed by atoms with Crippen molar-refractivity contribution >= 4 is 11.7 Å². The van der Waals surface area contributed by atoms with Crippen LogP contribution in [0.5, 0.6) is 0 Å². The Hall–Kier alpha value is -1.66. The van der Waals surface area contributed by atoms with Crippen molar-refractivity contribution in [1.29, 1.82) is 0 Å². The van der Waals surface area contributed by atoms with Crippen molar-refractivity contribution < 1.29 is 4.79 Å². The molecule has 0 saturated carbocycles. The topological polar surface area (TPSA) is 74.5 Å². The van der Waals surface area contributed by atoms with E-state index >= 15 is 0 Å². The van der Waals surface area contributed by atoms with Crippen molar-refractivity contribution in [2.45, 2.75) is 26.3 Å². The lowest BCUT2D eigenvalue weighted by Crippen LogP contribution is -2.52. The van der Waals surface area contributed by atoms with E-state index in [1.807, 2.05) is 17.9 Å². The highest BCUT2D eigenvalue weighted by Crippen LogP contribution is 2.16.